The highest BCUT2D eigenvalue weighted by atomic mass is 35.5. The van der Waals surface area contributed by atoms with Crippen molar-refractivity contribution < 1.29 is 9.72 Å². The summed E-state index contributed by atoms with van der Waals surface area (Å²) in [4.78, 5) is 26.5. The predicted molar refractivity (Wildman–Crippen MR) is 105 cm³/mol. The van der Waals surface area contributed by atoms with Crippen LogP contribution < -0.4 is 15.5 Å². The summed E-state index contributed by atoms with van der Waals surface area (Å²) in [5.74, 6) is -0.0795. The lowest BCUT2D eigenvalue weighted by molar-refractivity contribution is -0.384. The van der Waals surface area contributed by atoms with Gasteiger partial charge in [-0.1, -0.05) is 6.07 Å². The van der Waals surface area contributed by atoms with Gasteiger partial charge in [0.05, 0.1) is 11.5 Å². The Morgan fingerprint density at radius 1 is 1.27 bits per heavy atom. The number of benzene rings is 2. The standard InChI is InChI=1S/C18H20N4O3.ClH/c1-20(13-7-9-14(10-8-13)22(24)25)18(23)12-21-11-3-4-15-16(19)5-2-6-17(15)21;/h2,5-10H,3-4,11-12,19H2,1H3;1H. The normalized spacial score (nSPS) is 12.7. The van der Waals surface area contributed by atoms with Crippen molar-refractivity contribution in [3.05, 3.63) is 58.1 Å². The van der Waals surface area contributed by atoms with Gasteiger partial charge >= 0.3 is 0 Å². The Morgan fingerprint density at radius 3 is 2.62 bits per heavy atom. The summed E-state index contributed by atoms with van der Waals surface area (Å²) in [5.41, 5.74) is 9.55. The van der Waals surface area contributed by atoms with Crippen molar-refractivity contribution in [3.63, 3.8) is 0 Å². The average Bonchev–Trinajstić information content (AvgIpc) is 2.62. The van der Waals surface area contributed by atoms with Crippen LogP contribution in [0.15, 0.2) is 42.5 Å². The molecule has 0 aliphatic carbocycles. The average molecular weight is 377 g/mol. The first-order valence-corrected chi connectivity index (χ1v) is 8.10. The smallest absolute Gasteiger partial charge is 0.269 e. The van der Waals surface area contributed by atoms with Gasteiger partial charge in [0.1, 0.15) is 0 Å². The minimum atomic E-state index is -0.458. The van der Waals surface area contributed by atoms with Gasteiger partial charge in [-0.15, -0.1) is 12.4 Å². The molecule has 0 aromatic heterocycles. The number of nitro benzene ring substituents is 1. The van der Waals surface area contributed by atoms with Crippen LogP contribution in [0.5, 0.6) is 0 Å². The predicted octanol–water partition coefficient (Wildman–Crippen LogP) is 3.01. The highest BCUT2D eigenvalue weighted by molar-refractivity contribution is 5.96. The molecule has 2 aromatic rings. The lowest BCUT2D eigenvalue weighted by atomic mass is 10.00. The lowest BCUT2D eigenvalue weighted by Crippen LogP contribution is -2.40. The van der Waals surface area contributed by atoms with E-state index in [1.807, 2.05) is 23.1 Å². The third kappa shape index (κ3) is 3.88. The Hall–Kier alpha value is -2.80. The van der Waals surface area contributed by atoms with E-state index < -0.39 is 4.92 Å². The zero-order chi connectivity index (χ0) is 18.0. The number of halogens is 1. The molecular weight excluding hydrogens is 356 g/mol. The molecule has 0 bridgehead atoms. The molecule has 0 saturated carbocycles. The zero-order valence-electron chi connectivity index (χ0n) is 14.4. The number of non-ortho nitro benzene ring substituents is 1. The van der Waals surface area contributed by atoms with Gasteiger partial charge in [-0.3, -0.25) is 14.9 Å². The van der Waals surface area contributed by atoms with Crippen molar-refractivity contribution in [2.75, 3.05) is 35.7 Å². The van der Waals surface area contributed by atoms with E-state index in [4.69, 9.17) is 5.73 Å². The first-order chi connectivity index (χ1) is 12.0. The lowest BCUT2D eigenvalue weighted by Gasteiger charge is -2.32. The minimum absolute atomic E-state index is 0. The number of nitrogens with zero attached hydrogens (tertiary/aromatic N) is 3. The molecule has 0 radical (unpaired) electrons. The number of carbonyl (C=O) groups excluding carboxylic acids is 1. The molecule has 1 aliphatic rings. The van der Waals surface area contributed by atoms with Crippen molar-refractivity contribution in [3.8, 4) is 0 Å². The number of nitro groups is 1. The second-order valence-electron chi connectivity index (χ2n) is 6.10. The Kier molecular flexibility index (Phi) is 6.05. The quantitative estimate of drug-likeness (QED) is 0.503. The molecule has 1 aliphatic heterocycles. The minimum Gasteiger partial charge on any atom is -0.398 e. The van der Waals surface area contributed by atoms with Crippen molar-refractivity contribution in [2.24, 2.45) is 0 Å². The van der Waals surface area contributed by atoms with Crippen LogP contribution in [-0.2, 0) is 11.2 Å². The number of nitrogens with two attached hydrogens (primary N) is 1. The highest BCUT2D eigenvalue weighted by Crippen LogP contribution is 2.31. The molecule has 26 heavy (non-hydrogen) atoms. The summed E-state index contributed by atoms with van der Waals surface area (Å²) in [7, 11) is 1.67. The largest absolute Gasteiger partial charge is 0.398 e. The third-order valence-electron chi connectivity index (χ3n) is 4.53. The molecule has 8 heteroatoms. The number of fused-ring (bicyclic) bond motifs is 1. The molecule has 1 heterocycles. The van der Waals surface area contributed by atoms with E-state index in [1.165, 1.54) is 17.0 Å². The molecule has 0 fully saturated rings. The maximum atomic E-state index is 12.6. The van der Waals surface area contributed by atoms with E-state index in [0.717, 1.165) is 36.3 Å². The van der Waals surface area contributed by atoms with Gasteiger partial charge in [0, 0.05) is 42.8 Å². The van der Waals surface area contributed by atoms with Gasteiger partial charge < -0.3 is 15.5 Å². The molecule has 0 saturated heterocycles. The maximum Gasteiger partial charge on any atom is 0.269 e. The number of carbonyl (C=O) groups is 1. The summed E-state index contributed by atoms with van der Waals surface area (Å²) in [6.07, 6.45) is 1.88. The SMILES string of the molecule is CN(C(=O)CN1CCCc2c(N)cccc21)c1ccc([N+](=O)[O-])cc1.Cl. The van der Waals surface area contributed by atoms with Crippen molar-refractivity contribution >= 4 is 41.1 Å². The fourth-order valence-electron chi connectivity index (χ4n) is 3.10. The van der Waals surface area contributed by atoms with Gasteiger partial charge in [-0.25, -0.2) is 0 Å². The summed E-state index contributed by atoms with van der Waals surface area (Å²) in [5, 5.41) is 10.7. The van der Waals surface area contributed by atoms with E-state index in [0.29, 0.717) is 5.69 Å². The first kappa shape index (κ1) is 19.5. The number of hydrogen-bond donors (Lipinski definition) is 1. The first-order valence-electron chi connectivity index (χ1n) is 8.10. The fraction of sp³-hybridized carbons (Fsp3) is 0.278. The molecule has 7 nitrogen and oxygen atoms in total. The third-order valence-corrected chi connectivity index (χ3v) is 4.53. The summed E-state index contributed by atoms with van der Waals surface area (Å²) < 4.78 is 0. The van der Waals surface area contributed by atoms with Crippen LogP contribution in [-0.4, -0.2) is 31.0 Å². The van der Waals surface area contributed by atoms with Crippen LogP contribution in [0.3, 0.4) is 0 Å². The molecule has 3 rings (SSSR count). The molecule has 0 atom stereocenters. The molecule has 1 amide bonds. The number of nitrogen functional groups attached to an aromatic ring is 1. The maximum absolute atomic E-state index is 12.6. The van der Waals surface area contributed by atoms with E-state index >= 15 is 0 Å². The Bertz CT molecular complexity index is 811. The van der Waals surface area contributed by atoms with Crippen molar-refractivity contribution in [1.29, 1.82) is 0 Å². The van der Waals surface area contributed by atoms with Crippen molar-refractivity contribution in [1.82, 2.24) is 0 Å². The second kappa shape index (κ2) is 8.05. The van der Waals surface area contributed by atoms with Crippen LogP contribution in [0, 0.1) is 10.1 Å². The van der Waals surface area contributed by atoms with Crippen LogP contribution in [0.2, 0.25) is 0 Å². The van der Waals surface area contributed by atoms with Crippen LogP contribution >= 0.6 is 12.4 Å². The molecule has 2 N–H and O–H groups in total. The second-order valence-corrected chi connectivity index (χ2v) is 6.10. The zero-order valence-corrected chi connectivity index (χ0v) is 15.2. The van der Waals surface area contributed by atoms with Gasteiger partial charge in [0.25, 0.3) is 5.69 Å². The Morgan fingerprint density at radius 2 is 1.96 bits per heavy atom. The van der Waals surface area contributed by atoms with Crippen LogP contribution in [0.4, 0.5) is 22.7 Å². The van der Waals surface area contributed by atoms with E-state index in [-0.39, 0.29) is 30.5 Å². The molecule has 0 unspecified atom stereocenters. The van der Waals surface area contributed by atoms with Gasteiger partial charge in [0.2, 0.25) is 5.91 Å². The molecule has 2 aromatic carbocycles. The summed E-state index contributed by atoms with van der Waals surface area (Å²) >= 11 is 0. The Balaban J connectivity index is 0.00000243. The Labute approximate surface area is 157 Å². The monoisotopic (exact) mass is 376 g/mol. The number of amides is 1. The highest BCUT2D eigenvalue weighted by Gasteiger charge is 2.22. The molecular formula is C18H21ClN4O3. The molecule has 0 spiro atoms. The number of hydrogen-bond acceptors (Lipinski definition) is 5. The molecule has 138 valence electrons. The summed E-state index contributed by atoms with van der Waals surface area (Å²) in [6, 6.07) is 11.7. The van der Waals surface area contributed by atoms with Gasteiger partial charge in [-0.05, 0) is 42.7 Å². The van der Waals surface area contributed by atoms with E-state index in [2.05, 4.69) is 0 Å². The summed E-state index contributed by atoms with van der Waals surface area (Å²) in [6.45, 7) is 1.04. The van der Waals surface area contributed by atoms with E-state index in [9.17, 15) is 14.9 Å². The fourth-order valence-corrected chi connectivity index (χ4v) is 3.10. The van der Waals surface area contributed by atoms with Crippen LogP contribution in [0.1, 0.15) is 12.0 Å². The van der Waals surface area contributed by atoms with Crippen LogP contribution in [0.25, 0.3) is 0 Å². The van der Waals surface area contributed by atoms with Gasteiger partial charge in [-0.2, -0.15) is 0 Å². The number of anilines is 3. The number of rotatable bonds is 4. The van der Waals surface area contributed by atoms with E-state index in [1.54, 1.807) is 19.2 Å². The topological polar surface area (TPSA) is 92.7 Å². The van der Waals surface area contributed by atoms with Crippen molar-refractivity contribution in [2.45, 2.75) is 12.8 Å². The number of likely N-dealkylation sites (N-methyl/N-ethyl adjacent to an activating group) is 1. The van der Waals surface area contributed by atoms with Gasteiger partial charge in [0.15, 0.2) is 0 Å².